The Labute approximate surface area is 159 Å². The number of hydrazone groups is 1. The van der Waals surface area contributed by atoms with E-state index in [-0.39, 0.29) is 0 Å². The number of nitrogens with one attached hydrogen (secondary N) is 1. The number of hydrogen-bond acceptors (Lipinski definition) is 5. The first kappa shape index (κ1) is 19.4. The molecule has 0 radical (unpaired) electrons. The van der Waals surface area contributed by atoms with Crippen LogP contribution in [0, 0.1) is 6.92 Å². The molecule has 27 heavy (non-hydrogen) atoms. The summed E-state index contributed by atoms with van der Waals surface area (Å²) in [4.78, 5) is 0. The van der Waals surface area contributed by atoms with Gasteiger partial charge in [-0.3, -0.25) is 4.72 Å². The highest BCUT2D eigenvalue weighted by molar-refractivity contribution is 7.92. The van der Waals surface area contributed by atoms with Gasteiger partial charge >= 0.3 is 0 Å². The van der Waals surface area contributed by atoms with E-state index >= 15 is 0 Å². The number of anilines is 1. The lowest BCUT2D eigenvalue weighted by Crippen LogP contribution is -2.26. The van der Waals surface area contributed by atoms with Crippen LogP contribution in [0.3, 0.4) is 0 Å². The molecular weight excluding hydrogens is 386 g/mol. The minimum Gasteiger partial charge on any atom is -0.284 e. The summed E-state index contributed by atoms with van der Waals surface area (Å²) in [6, 6.07) is 14.0. The van der Waals surface area contributed by atoms with Crippen molar-refractivity contribution >= 4 is 31.4 Å². The molecule has 1 atom stereocenters. The van der Waals surface area contributed by atoms with E-state index < -0.39 is 26.1 Å². The second kappa shape index (κ2) is 6.97. The van der Waals surface area contributed by atoms with Gasteiger partial charge in [0.15, 0.2) is 0 Å². The van der Waals surface area contributed by atoms with Gasteiger partial charge in [0.1, 0.15) is 0 Å². The minimum atomic E-state index is -3.54. The van der Waals surface area contributed by atoms with Crippen LogP contribution in [0.5, 0.6) is 0 Å². The summed E-state index contributed by atoms with van der Waals surface area (Å²) >= 11 is 0. The zero-order chi connectivity index (χ0) is 19.8. The molecule has 2 aromatic carbocycles. The number of rotatable bonds is 5. The summed E-state index contributed by atoms with van der Waals surface area (Å²) in [6.45, 7) is 1.94. The molecule has 1 aliphatic heterocycles. The van der Waals surface area contributed by atoms with E-state index in [0.717, 1.165) is 33.6 Å². The standard InChI is InChI=1S/C18H21N3O4S2/c1-13-6-4-5-7-16(13)18-12-17(19-21(18)27(3,24)25)14-8-10-15(11-9-14)20-26(2,22)23/h4-11,18,20H,12H2,1-3H3/t18-/m0/s1. The van der Waals surface area contributed by atoms with Crippen LogP contribution < -0.4 is 4.72 Å². The molecule has 2 aromatic rings. The molecular formula is C18H21N3O4S2. The summed E-state index contributed by atoms with van der Waals surface area (Å²) in [5.41, 5.74) is 3.74. The Morgan fingerprint density at radius 2 is 1.63 bits per heavy atom. The second-order valence-electron chi connectivity index (χ2n) is 6.61. The number of aryl methyl sites for hydroxylation is 1. The normalized spacial score (nSPS) is 17.7. The summed E-state index contributed by atoms with van der Waals surface area (Å²) < 4.78 is 50.7. The highest BCUT2D eigenvalue weighted by Gasteiger charge is 2.35. The average molecular weight is 408 g/mol. The van der Waals surface area contributed by atoms with E-state index in [1.165, 1.54) is 0 Å². The molecule has 1 aliphatic rings. The Balaban J connectivity index is 1.94. The van der Waals surface area contributed by atoms with Crippen molar-refractivity contribution in [3.8, 4) is 0 Å². The lowest BCUT2D eigenvalue weighted by atomic mass is 9.96. The largest absolute Gasteiger partial charge is 0.284 e. The Hall–Kier alpha value is -2.39. The number of sulfonamides is 2. The fourth-order valence-electron chi connectivity index (χ4n) is 3.11. The number of benzene rings is 2. The predicted octanol–water partition coefficient (Wildman–Crippen LogP) is 2.48. The van der Waals surface area contributed by atoms with Gasteiger partial charge in [0.2, 0.25) is 20.0 Å². The fourth-order valence-corrected chi connectivity index (χ4v) is 4.57. The Bertz CT molecular complexity index is 1090. The molecule has 0 saturated carbocycles. The van der Waals surface area contributed by atoms with E-state index in [1.807, 2.05) is 31.2 Å². The zero-order valence-electron chi connectivity index (χ0n) is 15.2. The van der Waals surface area contributed by atoms with Crippen molar-refractivity contribution in [3.63, 3.8) is 0 Å². The maximum Gasteiger partial charge on any atom is 0.247 e. The van der Waals surface area contributed by atoms with Crippen LogP contribution in [0.1, 0.15) is 29.2 Å². The van der Waals surface area contributed by atoms with Crippen molar-refractivity contribution < 1.29 is 16.8 Å². The lowest BCUT2D eigenvalue weighted by Gasteiger charge is -2.22. The lowest BCUT2D eigenvalue weighted by molar-refractivity contribution is 0.374. The minimum absolute atomic E-state index is 0.398. The third kappa shape index (κ3) is 4.48. The Kier molecular flexibility index (Phi) is 5.00. The van der Waals surface area contributed by atoms with Crippen LogP contribution in [-0.2, 0) is 20.0 Å². The third-order valence-electron chi connectivity index (χ3n) is 4.28. The van der Waals surface area contributed by atoms with Crippen LogP contribution in [0.2, 0.25) is 0 Å². The molecule has 0 amide bonds. The maximum absolute atomic E-state index is 12.3. The van der Waals surface area contributed by atoms with E-state index in [0.29, 0.717) is 17.8 Å². The van der Waals surface area contributed by atoms with Gasteiger partial charge < -0.3 is 0 Å². The van der Waals surface area contributed by atoms with Crippen molar-refractivity contribution in [2.24, 2.45) is 5.10 Å². The van der Waals surface area contributed by atoms with Gasteiger partial charge in [-0.25, -0.2) is 16.8 Å². The van der Waals surface area contributed by atoms with Gasteiger partial charge in [-0.2, -0.15) is 9.52 Å². The first-order valence-electron chi connectivity index (χ1n) is 8.25. The topological polar surface area (TPSA) is 95.9 Å². The van der Waals surface area contributed by atoms with Crippen molar-refractivity contribution in [2.45, 2.75) is 19.4 Å². The second-order valence-corrected chi connectivity index (χ2v) is 10.2. The van der Waals surface area contributed by atoms with Crippen molar-refractivity contribution in [3.05, 3.63) is 65.2 Å². The van der Waals surface area contributed by atoms with Crippen LogP contribution >= 0.6 is 0 Å². The molecule has 3 rings (SSSR count). The van der Waals surface area contributed by atoms with Gasteiger partial charge in [0, 0.05) is 12.1 Å². The summed E-state index contributed by atoms with van der Waals surface area (Å²) in [5, 5.41) is 4.36. The molecule has 9 heteroatoms. The summed E-state index contributed by atoms with van der Waals surface area (Å²) in [5.74, 6) is 0. The van der Waals surface area contributed by atoms with Crippen LogP contribution in [-0.4, -0.2) is 39.5 Å². The molecule has 0 saturated heterocycles. The van der Waals surface area contributed by atoms with E-state index in [9.17, 15) is 16.8 Å². The molecule has 0 bridgehead atoms. The van der Waals surface area contributed by atoms with Gasteiger partial charge in [-0.15, -0.1) is 0 Å². The molecule has 0 aliphatic carbocycles. The maximum atomic E-state index is 12.3. The summed E-state index contributed by atoms with van der Waals surface area (Å²) in [7, 11) is -6.89. The first-order valence-corrected chi connectivity index (χ1v) is 12.0. The molecule has 7 nitrogen and oxygen atoms in total. The van der Waals surface area contributed by atoms with Gasteiger partial charge in [-0.05, 0) is 35.7 Å². The first-order chi connectivity index (χ1) is 12.5. The molecule has 0 spiro atoms. The van der Waals surface area contributed by atoms with Crippen molar-refractivity contribution in [2.75, 3.05) is 17.2 Å². The van der Waals surface area contributed by atoms with E-state index in [1.54, 1.807) is 24.3 Å². The number of hydrogen-bond donors (Lipinski definition) is 1. The summed E-state index contributed by atoms with van der Waals surface area (Å²) in [6.07, 6.45) is 2.67. The van der Waals surface area contributed by atoms with Crippen molar-refractivity contribution in [1.29, 1.82) is 0 Å². The Morgan fingerprint density at radius 3 is 2.19 bits per heavy atom. The van der Waals surface area contributed by atoms with Gasteiger partial charge in [0.05, 0.1) is 24.3 Å². The molecule has 0 unspecified atom stereocenters. The van der Waals surface area contributed by atoms with E-state index in [4.69, 9.17) is 0 Å². The van der Waals surface area contributed by atoms with Crippen molar-refractivity contribution in [1.82, 2.24) is 4.41 Å². The highest BCUT2D eigenvalue weighted by Crippen LogP contribution is 2.36. The molecule has 0 fully saturated rings. The molecule has 0 aromatic heterocycles. The highest BCUT2D eigenvalue weighted by atomic mass is 32.2. The molecule has 1 heterocycles. The fraction of sp³-hybridized carbons (Fsp3) is 0.278. The quantitative estimate of drug-likeness (QED) is 0.824. The smallest absolute Gasteiger partial charge is 0.247 e. The van der Waals surface area contributed by atoms with Crippen LogP contribution in [0.15, 0.2) is 53.6 Å². The van der Waals surface area contributed by atoms with Crippen LogP contribution in [0.25, 0.3) is 0 Å². The van der Waals surface area contributed by atoms with E-state index in [2.05, 4.69) is 9.82 Å². The SMILES string of the molecule is Cc1ccccc1[C@@H]1CC(c2ccc(NS(C)(=O)=O)cc2)=NN1S(C)(=O)=O. The third-order valence-corrected chi connectivity index (χ3v) is 5.90. The van der Waals surface area contributed by atoms with Gasteiger partial charge in [-0.1, -0.05) is 36.4 Å². The predicted molar refractivity (Wildman–Crippen MR) is 107 cm³/mol. The average Bonchev–Trinajstić information content (AvgIpc) is 3.00. The molecule has 1 N–H and O–H groups in total. The van der Waals surface area contributed by atoms with Crippen LogP contribution in [0.4, 0.5) is 5.69 Å². The molecule has 144 valence electrons. The zero-order valence-corrected chi connectivity index (χ0v) is 16.9. The number of nitrogens with zero attached hydrogens (tertiary/aromatic N) is 2. The van der Waals surface area contributed by atoms with Gasteiger partial charge in [0.25, 0.3) is 0 Å². The Morgan fingerprint density at radius 1 is 1.00 bits per heavy atom. The monoisotopic (exact) mass is 407 g/mol.